The molecule has 2 rings (SSSR count). The Bertz CT molecular complexity index is 355. The van der Waals surface area contributed by atoms with Gasteiger partial charge >= 0.3 is 11.9 Å². The van der Waals surface area contributed by atoms with E-state index in [2.05, 4.69) is 20.7 Å². The summed E-state index contributed by atoms with van der Waals surface area (Å²) in [6.07, 6.45) is 0. The number of carbonyl (C=O) groups excluding carboxylic acids is 2. The number of hydrogen-bond donors (Lipinski definition) is 0. The van der Waals surface area contributed by atoms with Gasteiger partial charge in [0.05, 0.1) is 5.56 Å². The second kappa shape index (κ2) is 2.15. The quantitative estimate of drug-likeness (QED) is 0.507. The van der Waals surface area contributed by atoms with E-state index in [0.717, 1.165) is 0 Å². The predicted molar refractivity (Wildman–Crippen MR) is 41.8 cm³/mol. The van der Waals surface area contributed by atoms with Gasteiger partial charge in [0.1, 0.15) is 4.88 Å². The average molecular weight is 233 g/mol. The maximum atomic E-state index is 10.9. The molecular weight excluding hydrogens is 232 g/mol. The molecule has 0 atom stereocenters. The van der Waals surface area contributed by atoms with Gasteiger partial charge in [0, 0.05) is 9.85 Å². The molecule has 0 unspecified atom stereocenters. The molecule has 0 aromatic carbocycles. The summed E-state index contributed by atoms with van der Waals surface area (Å²) in [6.45, 7) is 0. The van der Waals surface area contributed by atoms with E-state index in [9.17, 15) is 9.59 Å². The number of rotatable bonds is 0. The topological polar surface area (TPSA) is 43.4 Å². The van der Waals surface area contributed by atoms with Crippen molar-refractivity contribution in [3.8, 4) is 0 Å². The van der Waals surface area contributed by atoms with E-state index in [4.69, 9.17) is 0 Å². The zero-order valence-corrected chi connectivity index (χ0v) is 7.49. The molecular formula is C6HBrO3S. The van der Waals surface area contributed by atoms with Crippen molar-refractivity contribution in [3.63, 3.8) is 0 Å². The van der Waals surface area contributed by atoms with Crippen LogP contribution in [-0.2, 0) is 4.74 Å². The van der Waals surface area contributed by atoms with Crippen molar-refractivity contribution in [2.75, 3.05) is 0 Å². The van der Waals surface area contributed by atoms with Crippen molar-refractivity contribution < 1.29 is 14.3 Å². The first kappa shape index (κ1) is 7.00. The van der Waals surface area contributed by atoms with E-state index < -0.39 is 11.9 Å². The fourth-order valence-corrected chi connectivity index (χ4v) is 2.42. The monoisotopic (exact) mass is 232 g/mol. The van der Waals surface area contributed by atoms with E-state index >= 15 is 0 Å². The SMILES string of the molecule is O=C1OC(=O)c2c(Br)csc21. The number of cyclic esters (lactones) is 2. The molecule has 0 radical (unpaired) electrons. The summed E-state index contributed by atoms with van der Waals surface area (Å²) in [4.78, 5) is 22.1. The maximum absolute atomic E-state index is 10.9. The Labute approximate surface area is 74.1 Å². The molecule has 0 saturated carbocycles. The first-order valence-corrected chi connectivity index (χ1v) is 4.41. The number of halogens is 1. The minimum Gasteiger partial charge on any atom is -0.385 e. The Morgan fingerprint density at radius 2 is 2.09 bits per heavy atom. The molecule has 5 heteroatoms. The first-order valence-electron chi connectivity index (χ1n) is 2.73. The molecule has 0 bridgehead atoms. The smallest absolute Gasteiger partial charge is 0.357 e. The highest BCUT2D eigenvalue weighted by Crippen LogP contribution is 2.32. The maximum Gasteiger partial charge on any atom is 0.357 e. The minimum absolute atomic E-state index is 0.361. The molecule has 0 amide bonds. The van der Waals surface area contributed by atoms with Gasteiger partial charge in [-0.15, -0.1) is 11.3 Å². The lowest BCUT2D eigenvalue weighted by molar-refractivity contribution is 0.0445. The Kier molecular flexibility index (Phi) is 1.37. The number of hydrogen-bond acceptors (Lipinski definition) is 4. The lowest BCUT2D eigenvalue weighted by Gasteiger charge is -1.85. The molecule has 1 aromatic heterocycles. The molecule has 56 valence electrons. The van der Waals surface area contributed by atoms with Crippen LogP contribution >= 0.6 is 27.3 Å². The zero-order chi connectivity index (χ0) is 8.01. The van der Waals surface area contributed by atoms with Crippen LogP contribution in [0.25, 0.3) is 0 Å². The molecule has 0 saturated heterocycles. The van der Waals surface area contributed by atoms with Crippen LogP contribution in [0, 0.1) is 0 Å². The summed E-state index contributed by atoms with van der Waals surface area (Å²) in [5, 5.41) is 1.70. The van der Waals surface area contributed by atoms with E-state index in [-0.39, 0.29) is 0 Å². The number of fused-ring (bicyclic) bond motifs is 1. The van der Waals surface area contributed by atoms with Gasteiger partial charge in [-0.1, -0.05) is 0 Å². The third-order valence-electron chi connectivity index (χ3n) is 1.32. The minimum atomic E-state index is -0.557. The third-order valence-corrected chi connectivity index (χ3v) is 3.21. The van der Waals surface area contributed by atoms with Crippen molar-refractivity contribution in [1.82, 2.24) is 0 Å². The Morgan fingerprint density at radius 1 is 1.36 bits per heavy atom. The van der Waals surface area contributed by atoms with Gasteiger partial charge < -0.3 is 4.74 Å². The van der Waals surface area contributed by atoms with Gasteiger partial charge in [0.15, 0.2) is 0 Å². The van der Waals surface area contributed by atoms with Crippen molar-refractivity contribution in [2.45, 2.75) is 0 Å². The highest BCUT2D eigenvalue weighted by molar-refractivity contribution is 9.10. The molecule has 1 aliphatic heterocycles. The molecule has 3 nitrogen and oxygen atoms in total. The molecule has 1 aromatic rings. The second-order valence-electron chi connectivity index (χ2n) is 1.96. The standard InChI is InChI=1S/C6HBrO3S/c7-2-1-11-4-3(2)5(8)10-6(4)9/h1H. The van der Waals surface area contributed by atoms with Crippen molar-refractivity contribution in [2.24, 2.45) is 0 Å². The Balaban J connectivity index is 2.72. The van der Waals surface area contributed by atoms with Crippen molar-refractivity contribution in [3.05, 3.63) is 20.3 Å². The van der Waals surface area contributed by atoms with E-state index in [0.29, 0.717) is 14.9 Å². The van der Waals surface area contributed by atoms with Crippen LogP contribution in [0.2, 0.25) is 0 Å². The summed E-state index contributed by atoms with van der Waals surface area (Å²) in [7, 11) is 0. The number of ether oxygens (including phenoxy) is 1. The highest BCUT2D eigenvalue weighted by atomic mass is 79.9. The normalized spacial score (nSPS) is 15.0. The first-order chi connectivity index (χ1) is 5.20. The molecule has 0 N–H and O–H groups in total. The zero-order valence-electron chi connectivity index (χ0n) is 5.09. The summed E-state index contributed by atoms with van der Waals surface area (Å²) in [6, 6.07) is 0. The summed E-state index contributed by atoms with van der Waals surface area (Å²) in [5.74, 6) is -1.10. The van der Waals surface area contributed by atoms with Crippen LogP contribution in [0.4, 0.5) is 0 Å². The van der Waals surface area contributed by atoms with Gasteiger partial charge in [-0.25, -0.2) is 9.59 Å². The molecule has 2 heterocycles. The number of carbonyl (C=O) groups is 2. The van der Waals surface area contributed by atoms with Crippen LogP contribution in [0.3, 0.4) is 0 Å². The molecule has 11 heavy (non-hydrogen) atoms. The fourth-order valence-electron chi connectivity index (χ4n) is 0.859. The number of esters is 2. The largest absolute Gasteiger partial charge is 0.385 e. The van der Waals surface area contributed by atoms with E-state index in [1.807, 2.05) is 0 Å². The van der Waals surface area contributed by atoms with Crippen LogP contribution in [0.5, 0.6) is 0 Å². The summed E-state index contributed by atoms with van der Waals surface area (Å²) >= 11 is 4.35. The summed E-state index contributed by atoms with van der Waals surface area (Å²) in [5.41, 5.74) is 0.361. The van der Waals surface area contributed by atoms with Gasteiger partial charge in [-0.3, -0.25) is 0 Å². The van der Waals surface area contributed by atoms with Gasteiger partial charge in [-0.2, -0.15) is 0 Å². The van der Waals surface area contributed by atoms with Gasteiger partial charge in [0.25, 0.3) is 0 Å². The Morgan fingerprint density at radius 3 is 2.73 bits per heavy atom. The van der Waals surface area contributed by atoms with Gasteiger partial charge in [0.2, 0.25) is 0 Å². The van der Waals surface area contributed by atoms with E-state index in [1.165, 1.54) is 11.3 Å². The van der Waals surface area contributed by atoms with Gasteiger partial charge in [-0.05, 0) is 15.9 Å². The van der Waals surface area contributed by atoms with Crippen LogP contribution in [0.1, 0.15) is 20.0 Å². The third kappa shape index (κ3) is 0.844. The molecule has 0 aliphatic carbocycles. The fraction of sp³-hybridized carbons (Fsp3) is 0. The molecule has 0 fully saturated rings. The lowest BCUT2D eigenvalue weighted by Crippen LogP contribution is -1.97. The molecule has 0 spiro atoms. The average Bonchev–Trinajstić information content (AvgIpc) is 2.41. The predicted octanol–water partition coefficient (Wildman–Crippen LogP) is 1.82. The van der Waals surface area contributed by atoms with Crippen molar-refractivity contribution >= 4 is 39.2 Å². The Hall–Kier alpha value is -0.680. The lowest BCUT2D eigenvalue weighted by atomic mass is 10.3. The van der Waals surface area contributed by atoms with Crippen LogP contribution in [-0.4, -0.2) is 11.9 Å². The van der Waals surface area contributed by atoms with E-state index in [1.54, 1.807) is 5.38 Å². The second-order valence-corrected chi connectivity index (χ2v) is 3.70. The summed E-state index contributed by atoms with van der Waals surface area (Å²) < 4.78 is 4.99. The molecule has 1 aliphatic rings. The van der Waals surface area contributed by atoms with Crippen LogP contribution < -0.4 is 0 Å². The van der Waals surface area contributed by atoms with Crippen molar-refractivity contribution in [1.29, 1.82) is 0 Å². The highest BCUT2D eigenvalue weighted by Gasteiger charge is 2.33. The van der Waals surface area contributed by atoms with Crippen LogP contribution in [0.15, 0.2) is 9.85 Å². The number of thiophene rings is 1.